The quantitative estimate of drug-likeness (QED) is 0.719. The first kappa shape index (κ1) is 16.8. The zero-order chi connectivity index (χ0) is 18.3. The number of rotatable bonds is 3. The van der Waals surface area contributed by atoms with Crippen molar-refractivity contribution in [2.45, 2.75) is 42.9 Å². The second-order valence-corrected chi connectivity index (χ2v) is 8.65. The molecule has 6 nitrogen and oxygen atoms in total. The molecule has 2 aliphatic heterocycles. The number of aliphatic hydroxyl groups is 3. The van der Waals surface area contributed by atoms with E-state index in [0.29, 0.717) is 18.2 Å². The minimum Gasteiger partial charge on any atom is -0.493 e. The highest BCUT2D eigenvalue weighted by Gasteiger charge is 2.70. The van der Waals surface area contributed by atoms with Gasteiger partial charge < -0.3 is 29.7 Å². The summed E-state index contributed by atoms with van der Waals surface area (Å²) in [4.78, 5) is 2.40. The van der Waals surface area contributed by atoms with Crippen LogP contribution in [0.5, 0.6) is 11.5 Å². The van der Waals surface area contributed by atoms with Crippen molar-refractivity contribution in [1.29, 1.82) is 0 Å². The summed E-state index contributed by atoms with van der Waals surface area (Å²) in [5.74, 6) is 1.69. The van der Waals surface area contributed by atoms with Crippen molar-refractivity contribution in [2.75, 3.05) is 33.9 Å². The van der Waals surface area contributed by atoms with Gasteiger partial charge >= 0.3 is 0 Å². The molecule has 5 atom stereocenters. The molecule has 26 heavy (non-hydrogen) atoms. The standard InChI is InChI=1S/C20H27NO5/c1-21-6-5-20-12-8-19(9-22,10-23)17(24)18(20)26-16-14(25-2)4-3-11(15(16)20)7-13(12)21/h3-4,12-13,17-18,22-24H,5-10H2,1-2H3/t12-,13+,17-,18-,20-/m0/s1. The topological polar surface area (TPSA) is 82.4 Å². The van der Waals surface area contributed by atoms with Gasteiger partial charge in [0.15, 0.2) is 11.5 Å². The summed E-state index contributed by atoms with van der Waals surface area (Å²) in [7, 11) is 3.80. The summed E-state index contributed by atoms with van der Waals surface area (Å²) in [5, 5.41) is 31.4. The SMILES string of the molecule is COc1ccc2c3c1O[C@H]1[C@H](O)C(CO)(CO)C[C@H]4[C@@H](C2)N(C)CC[C@@]341. The number of hydrogen-bond donors (Lipinski definition) is 3. The Kier molecular flexibility index (Phi) is 3.46. The predicted octanol–water partition coefficient (Wildman–Crippen LogP) is 0.306. The summed E-state index contributed by atoms with van der Waals surface area (Å²) in [6.45, 7) is 0.469. The molecule has 6 heteroatoms. The van der Waals surface area contributed by atoms with Gasteiger partial charge in [-0.3, -0.25) is 0 Å². The van der Waals surface area contributed by atoms with E-state index in [2.05, 4.69) is 18.0 Å². The Morgan fingerprint density at radius 3 is 2.77 bits per heavy atom. The monoisotopic (exact) mass is 361 g/mol. The van der Waals surface area contributed by atoms with Crippen LogP contribution in [-0.2, 0) is 11.8 Å². The minimum atomic E-state index is -0.929. The molecule has 1 aromatic rings. The van der Waals surface area contributed by atoms with Gasteiger partial charge in [0.05, 0.1) is 20.3 Å². The first-order valence-corrected chi connectivity index (χ1v) is 9.49. The Bertz CT molecular complexity index is 748. The van der Waals surface area contributed by atoms with Gasteiger partial charge in [0.1, 0.15) is 12.2 Å². The van der Waals surface area contributed by atoms with Gasteiger partial charge in [-0.25, -0.2) is 0 Å². The molecule has 5 rings (SSSR count). The first-order valence-electron chi connectivity index (χ1n) is 9.49. The lowest BCUT2D eigenvalue weighted by Crippen LogP contribution is -2.71. The number of nitrogens with zero attached hydrogens (tertiary/aromatic N) is 1. The molecule has 1 saturated heterocycles. The number of likely N-dealkylation sites (tertiary alicyclic amines) is 1. The van der Waals surface area contributed by atoms with Crippen LogP contribution in [0, 0.1) is 11.3 Å². The molecular formula is C20H27NO5. The van der Waals surface area contributed by atoms with Gasteiger partial charge in [-0.1, -0.05) is 6.07 Å². The molecule has 1 aromatic carbocycles. The summed E-state index contributed by atoms with van der Waals surface area (Å²) in [6, 6.07) is 4.42. The average molecular weight is 361 g/mol. The highest BCUT2D eigenvalue weighted by Crippen LogP contribution is 2.66. The molecule has 142 valence electrons. The first-order chi connectivity index (χ1) is 12.5. The molecule has 2 bridgehead atoms. The van der Waals surface area contributed by atoms with Crippen molar-refractivity contribution in [3.05, 3.63) is 23.3 Å². The molecule has 3 N–H and O–H groups in total. The predicted molar refractivity (Wildman–Crippen MR) is 94.5 cm³/mol. The largest absolute Gasteiger partial charge is 0.493 e. The lowest BCUT2D eigenvalue weighted by atomic mass is 9.47. The summed E-state index contributed by atoms with van der Waals surface area (Å²) in [6.07, 6.45) is 1.07. The maximum absolute atomic E-state index is 11.2. The van der Waals surface area contributed by atoms with Crippen molar-refractivity contribution in [2.24, 2.45) is 11.3 Å². The summed E-state index contributed by atoms with van der Waals surface area (Å²) < 4.78 is 11.9. The second kappa shape index (κ2) is 5.35. The molecule has 2 heterocycles. The zero-order valence-corrected chi connectivity index (χ0v) is 15.3. The fraction of sp³-hybridized carbons (Fsp3) is 0.700. The van der Waals surface area contributed by atoms with E-state index >= 15 is 0 Å². The zero-order valence-electron chi connectivity index (χ0n) is 15.3. The van der Waals surface area contributed by atoms with Crippen molar-refractivity contribution in [3.8, 4) is 11.5 Å². The van der Waals surface area contributed by atoms with E-state index in [-0.39, 0.29) is 24.5 Å². The lowest BCUT2D eigenvalue weighted by Gasteiger charge is -2.62. The molecule has 2 fully saturated rings. The van der Waals surface area contributed by atoms with Gasteiger partial charge in [-0.2, -0.15) is 0 Å². The van der Waals surface area contributed by atoms with Crippen molar-refractivity contribution in [1.82, 2.24) is 4.90 Å². The van der Waals surface area contributed by atoms with Crippen LogP contribution >= 0.6 is 0 Å². The smallest absolute Gasteiger partial charge is 0.165 e. The van der Waals surface area contributed by atoms with E-state index in [1.54, 1.807) is 7.11 Å². The van der Waals surface area contributed by atoms with E-state index < -0.39 is 17.6 Å². The number of piperidine rings is 1. The van der Waals surface area contributed by atoms with Crippen LogP contribution in [0.3, 0.4) is 0 Å². The van der Waals surface area contributed by atoms with Crippen LogP contribution < -0.4 is 9.47 Å². The maximum Gasteiger partial charge on any atom is 0.165 e. The average Bonchev–Trinajstić information content (AvgIpc) is 3.01. The van der Waals surface area contributed by atoms with E-state index in [9.17, 15) is 15.3 Å². The summed E-state index contributed by atoms with van der Waals surface area (Å²) >= 11 is 0. The Labute approximate surface area is 153 Å². The van der Waals surface area contributed by atoms with Gasteiger partial charge in [0.25, 0.3) is 0 Å². The lowest BCUT2D eigenvalue weighted by molar-refractivity contribution is -0.187. The molecule has 1 saturated carbocycles. The Hall–Kier alpha value is -1.34. The number of methoxy groups -OCH3 is 1. The number of aliphatic hydroxyl groups excluding tert-OH is 3. The maximum atomic E-state index is 11.2. The Morgan fingerprint density at radius 2 is 2.08 bits per heavy atom. The molecule has 0 aromatic heterocycles. The van der Waals surface area contributed by atoms with Crippen molar-refractivity contribution >= 4 is 0 Å². The molecule has 0 amide bonds. The Balaban J connectivity index is 1.76. The van der Waals surface area contributed by atoms with E-state index in [0.717, 1.165) is 25.1 Å². The van der Waals surface area contributed by atoms with E-state index in [4.69, 9.17) is 9.47 Å². The molecule has 2 aliphatic carbocycles. The number of hydrogen-bond acceptors (Lipinski definition) is 6. The summed E-state index contributed by atoms with van der Waals surface area (Å²) in [5.41, 5.74) is 1.30. The number of benzene rings is 1. The van der Waals surface area contributed by atoms with Gasteiger partial charge in [-0.05, 0) is 50.4 Å². The molecular weight excluding hydrogens is 334 g/mol. The molecule has 0 radical (unpaired) electrons. The molecule has 0 unspecified atom stereocenters. The van der Waals surface area contributed by atoms with Crippen molar-refractivity contribution < 1.29 is 24.8 Å². The van der Waals surface area contributed by atoms with Crippen LogP contribution in [0.25, 0.3) is 0 Å². The van der Waals surface area contributed by atoms with E-state index in [1.165, 1.54) is 11.1 Å². The molecule has 4 aliphatic rings. The highest BCUT2D eigenvalue weighted by atomic mass is 16.5. The molecule has 1 spiro atoms. The second-order valence-electron chi connectivity index (χ2n) is 8.65. The van der Waals surface area contributed by atoms with Crippen LogP contribution in [-0.4, -0.2) is 72.4 Å². The third-order valence-corrected chi connectivity index (χ3v) is 7.82. The highest BCUT2D eigenvalue weighted by molar-refractivity contribution is 5.61. The Morgan fingerprint density at radius 1 is 1.31 bits per heavy atom. The van der Waals surface area contributed by atoms with Crippen LogP contribution in [0.1, 0.15) is 24.0 Å². The van der Waals surface area contributed by atoms with Gasteiger partial charge in [0.2, 0.25) is 0 Å². The number of ether oxygens (including phenoxy) is 2. The van der Waals surface area contributed by atoms with Crippen molar-refractivity contribution in [3.63, 3.8) is 0 Å². The van der Waals surface area contributed by atoms with Crippen LogP contribution in [0.15, 0.2) is 12.1 Å². The fourth-order valence-corrected chi connectivity index (χ4v) is 6.40. The van der Waals surface area contributed by atoms with Crippen LogP contribution in [0.2, 0.25) is 0 Å². The van der Waals surface area contributed by atoms with E-state index in [1.807, 2.05) is 6.07 Å². The normalized spacial score (nSPS) is 39.3. The third kappa shape index (κ3) is 1.72. The minimum absolute atomic E-state index is 0.231. The third-order valence-electron chi connectivity index (χ3n) is 7.82. The fourth-order valence-electron chi connectivity index (χ4n) is 6.40. The van der Waals surface area contributed by atoms with Crippen LogP contribution in [0.4, 0.5) is 0 Å². The van der Waals surface area contributed by atoms with Gasteiger partial charge in [0, 0.05) is 22.4 Å². The number of likely N-dealkylation sites (N-methyl/N-ethyl adjacent to an activating group) is 1. The van der Waals surface area contributed by atoms with Gasteiger partial charge in [-0.15, -0.1) is 0 Å².